The maximum absolute atomic E-state index is 13.1. The Kier molecular flexibility index (Phi) is 5.68. The lowest BCUT2D eigenvalue weighted by molar-refractivity contribution is -0.126. The van der Waals surface area contributed by atoms with Crippen LogP contribution < -0.4 is 18.9 Å². The van der Waals surface area contributed by atoms with Gasteiger partial charge < -0.3 is 23.8 Å². The van der Waals surface area contributed by atoms with Crippen molar-refractivity contribution in [2.45, 2.75) is 44.8 Å². The minimum absolute atomic E-state index is 0.00329. The summed E-state index contributed by atoms with van der Waals surface area (Å²) in [7, 11) is 1.65. The van der Waals surface area contributed by atoms with E-state index in [1.165, 1.54) is 0 Å². The molecule has 0 bridgehead atoms. The van der Waals surface area contributed by atoms with Gasteiger partial charge in [-0.15, -0.1) is 0 Å². The predicted molar refractivity (Wildman–Crippen MR) is 122 cm³/mol. The summed E-state index contributed by atoms with van der Waals surface area (Å²) in [5, 5.41) is 0. The maximum atomic E-state index is 13.1. The molecule has 6 nitrogen and oxygen atoms in total. The molecular weight excluding hydrogens is 406 g/mol. The van der Waals surface area contributed by atoms with Crippen LogP contribution in [0.5, 0.6) is 23.0 Å². The maximum Gasteiger partial charge on any atom is 0.247 e. The number of carbonyl (C=O) groups is 1. The summed E-state index contributed by atoms with van der Waals surface area (Å²) in [6, 6.07) is 10.1. The smallest absolute Gasteiger partial charge is 0.247 e. The highest BCUT2D eigenvalue weighted by Crippen LogP contribution is 2.39. The molecular formula is C26H29NO5. The van der Waals surface area contributed by atoms with Gasteiger partial charge in [0.1, 0.15) is 17.6 Å². The number of nitrogens with zero attached hydrogens (tertiary/aromatic N) is 1. The van der Waals surface area contributed by atoms with E-state index in [1.54, 1.807) is 13.2 Å². The fourth-order valence-electron chi connectivity index (χ4n) is 4.78. The first kappa shape index (κ1) is 20.7. The molecule has 32 heavy (non-hydrogen) atoms. The number of ether oxygens (including phenoxy) is 4. The Labute approximate surface area is 188 Å². The van der Waals surface area contributed by atoms with Crippen LogP contribution in [-0.4, -0.2) is 43.8 Å². The van der Waals surface area contributed by atoms with E-state index in [0.29, 0.717) is 13.2 Å². The van der Waals surface area contributed by atoms with Crippen molar-refractivity contribution < 1.29 is 23.7 Å². The Morgan fingerprint density at radius 3 is 2.78 bits per heavy atom. The topological polar surface area (TPSA) is 57.2 Å². The lowest BCUT2D eigenvalue weighted by atomic mass is 10.0. The van der Waals surface area contributed by atoms with Crippen LogP contribution in [0.3, 0.4) is 0 Å². The van der Waals surface area contributed by atoms with Gasteiger partial charge >= 0.3 is 0 Å². The number of amides is 1. The lowest BCUT2D eigenvalue weighted by Crippen LogP contribution is -2.28. The van der Waals surface area contributed by atoms with Gasteiger partial charge in [-0.05, 0) is 55.7 Å². The van der Waals surface area contributed by atoms with E-state index in [0.717, 1.165) is 71.9 Å². The van der Waals surface area contributed by atoms with Gasteiger partial charge in [0.2, 0.25) is 5.91 Å². The third-order valence-corrected chi connectivity index (χ3v) is 6.35. The quantitative estimate of drug-likeness (QED) is 0.659. The van der Waals surface area contributed by atoms with Gasteiger partial charge in [-0.25, -0.2) is 0 Å². The molecule has 2 atom stereocenters. The van der Waals surface area contributed by atoms with E-state index < -0.39 is 0 Å². The predicted octanol–water partition coefficient (Wildman–Crippen LogP) is 4.56. The third-order valence-electron chi connectivity index (χ3n) is 6.35. The van der Waals surface area contributed by atoms with Gasteiger partial charge in [-0.1, -0.05) is 6.07 Å². The van der Waals surface area contributed by atoms with E-state index in [-0.39, 0.29) is 18.1 Å². The monoisotopic (exact) mass is 435 g/mol. The first-order valence-electron chi connectivity index (χ1n) is 11.4. The molecule has 3 aliphatic rings. The Balaban J connectivity index is 1.35. The number of hydrogen-bond donors (Lipinski definition) is 0. The van der Waals surface area contributed by atoms with Crippen molar-refractivity contribution in [1.82, 2.24) is 4.90 Å². The number of likely N-dealkylation sites (tertiary alicyclic amines) is 1. The second-order valence-corrected chi connectivity index (χ2v) is 8.61. The third kappa shape index (κ3) is 4.01. The van der Waals surface area contributed by atoms with E-state index >= 15 is 0 Å². The molecule has 3 aliphatic heterocycles. The number of benzene rings is 2. The molecule has 0 aliphatic carbocycles. The summed E-state index contributed by atoms with van der Waals surface area (Å²) >= 11 is 0. The zero-order valence-electron chi connectivity index (χ0n) is 18.6. The molecule has 6 heteroatoms. The average molecular weight is 436 g/mol. The van der Waals surface area contributed by atoms with E-state index in [4.69, 9.17) is 18.9 Å². The molecule has 2 aromatic carbocycles. The zero-order chi connectivity index (χ0) is 22.1. The van der Waals surface area contributed by atoms with Gasteiger partial charge in [0.25, 0.3) is 0 Å². The summed E-state index contributed by atoms with van der Waals surface area (Å²) in [4.78, 5) is 15.1. The van der Waals surface area contributed by atoms with Gasteiger partial charge in [-0.2, -0.15) is 0 Å². The molecule has 5 rings (SSSR count). The fraction of sp³-hybridized carbons (Fsp3) is 0.423. The largest absolute Gasteiger partial charge is 0.496 e. The van der Waals surface area contributed by atoms with Crippen LogP contribution in [0.25, 0.3) is 6.08 Å². The van der Waals surface area contributed by atoms with Crippen LogP contribution in [0.15, 0.2) is 36.4 Å². The van der Waals surface area contributed by atoms with Crippen molar-refractivity contribution in [2.75, 3.05) is 26.9 Å². The Morgan fingerprint density at radius 2 is 1.94 bits per heavy atom. The standard InChI is InChI=1S/C26H29NO5/c1-17-13-20-16-23(29-2)19(15-24(20)32-17)7-9-26(28)27-10-3-5-21(27)18-6-8-22-25(14-18)31-12-4-11-30-22/h6-9,14-17,21H,3-5,10-13H2,1-2H3/b9-7+. The van der Waals surface area contributed by atoms with Crippen molar-refractivity contribution in [2.24, 2.45) is 0 Å². The van der Waals surface area contributed by atoms with E-state index in [9.17, 15) is 4.79 Å². The highest BCUT2D eigenvalue weighted by Gasteiger charge is 2.30. The fourth-order valence-corrected chi connectivity index (χ4v) is 4.78. The highest BCUT2D eigenvalue weighted by molar-refractivity contribution is 5.92. The van der Waals surface area contributed by atoms with Crippen LogP contribution >= 0.6 is 0 Å². The van der Waals surface area contributed by atoms with Crippen molar-refractivity contribution in [1.29, 1.82) is 0 Å². The van der Waals surface area contributed by atoms with Crippen molar-refractivity contribution in [3.05, 3.63) is 53.1 Å². The number of hydrogen-bond acceptors (Lipinski definition) is 5. The molecule has 0 aromatic heterocycles. The molecule has 0 N–H and O–H groups in total. The molecule has 0 spiro atoms. The van der Waals surface area contributed by atoms with Gasteiger partial charge in [0.15, 0.2) is 11.5 Å². The van der Waals surface area contributed by atoms with Crippen LogP contribution in [0, 0.1) is 0 Å². The van der Waals surface area contributed by atoms with Gasteiger partial charge in [0.05, 0.1) is 26.4 Å². The second-order valence-electron chi connectivity index (χ2n) is 8.61. The van der Waals surface area contributed by atoms with Crippen molar-refractivity contribution >= 4 is 12.0 Å². The SMILES string of the molecule is COc1cc2c(cc1/C=C/C(=O)N1CCCC1c1ccc3c(c1)OCCCO3)OC(C)C2. The molecule has 1 amide bonds. The first-order valence-corrected chi connectivity index (χ1v) is 11.4. The summed E-state index contributed by atoms with van der Waals surface area (Å²) in [6.07, 6.45) is 7.30. The summed E-state index contributed by atoms with van der Waals surface area (Å²) in [5.41, 5.74) is 3.08. The molecule has 168 valence electrons. The van der Waals surface area contributed by atoms with Crippen LogP contribution in [0.4, 0.5) is 0 Å². The summed E-state index contributed by atoms with van der Waals surface area (Å²) in [6.45, 7) is 4.11. The molecule has 2 unspecified atom stereocenters. The van der Waals surface area contributed by atoms with E-state index in [2.05, 4.69) is 13.0 Å². The van der Waals surface area contributed by atoms with Crippen LogP contribution in [-0.2, 0) is 11.2 Å². The molecule has 2 aromatic rings. The number of methoxy groups -OCH3 is 1. The van der Waals surface area contributed by atoms with Crippen molar-refractivity contribution in [3.63, 3.8) is 0 Å². The lowest BCUT2D eigenvalue weighted by Gasteiger charge is -2.24. The minimum Gasteiger partial charge on any atom is -0.496 e. The number of rotatable bonds is 4. The molecule has 1 saturated heterocycles. The molecule has 1 fully saturated rings. The zero-order valence-corrected chi connectivity index (χ0v) is 18.6. The van der Waals surface area contributed by atoms with Crippen LogP contribution in [0.2, 0.25) is 0 Å². The summed E-state index contributed by atoms with van der Waals surface area (Å²) < 4.78 is 23.0. The van der Waals surface area contributed by atoms with Crippen LogP contribution in [0.1, 0.15) is 48.9 Å². The molecule has 0 saturated carbocycles. The Bertz CT molecular complexity index is 1050. The normalized spacial score (nSPS) is 21.9. The van der Waals surface area contributed by atoms with Gasteiger partial charge in [0, 0.05) is 36.6 Å². The summed E-state index contributed by atoms with van der Waals surface area (Å²) in [5.74, 6) is 3.17. The average Bonchev–Trinajstić information content (AvgIpc) is 3.35. The highest BCUT2D eigenvalue weighted by atomic mass is 16.5. The first-order chi connectivity index (χ1) is 15.6. The van der Waals surface area contributed by atoms with Gasteiger partial charge in [-0.3, -0.25) is 4.79 Å². The number of carbonyl (C=O) groups excluding carboxylic acids is 1. The number of fused-ring (bicyclic) bond motifs is 2. The minimum atomic E-state index is -0.00329. The Morgan fingerprint density at radius 1 is 1.09 bits per heavy atom. The molecule has 3 heterocycles. The van der Waals surface area contributed by atoms with E-state index in [1.807, 2.05) is 35.2 Å². The Hall–Kier alpha value is -3.15. The van der Waals surface area contributed by atoms with Crippen molar-refractivity contribution in [3.8, 4) is 23.0 Å². The second kappa shape index (κ2) is 8.77. The molecule has 0 radical (unpaired) electrons.